The van der Waals surface area contributed by atoms with Gasteiger partial charge in [-0.2, -0.15) is 0 Å². The highest BCUT2D eigenvalue weighted by atomic mass is 16.2. The summed E-state index contributed by atoms with van der Waals surface area (Å²) in [5, 5.41) is 5.78. The molecule has 2 fully saturated rings. The van der Waals surface area contributed by atoms with E-state index in [1.807, 2.05) is 43.0 Å². The summed E-state index contributed by atoms with van der Waals surface area (Å²) >= 11 is 0. The number of carbonyl (C=O) groups is 3. The SMILES string of the molecule is CCC(=O)N1CCCCC1C(=O)N1CCCC(CNC(=O)Nc2ccc(C)cc2)C1. The molecule has 2 atom stereocenters. The van der Waals surface area contributed by atoms with E-state index in [-0.39, 0.29) is 29.8 Å². The topological polar surface area (TPSA) is 81.8 Å². The maximum absolute atomic E-state index is 13.2. The zero-order valence-electron chi connectivity index (χ0n) is 18.2. The molecule has 3 rings (SSSR count). The van der Waals surface area contributed by atoms with Crippen LogP contribution in [0, 0.1) is 12.8 Å². The zero-order valence-corrected chi connectivity index (χ0v) is 18.2. The van der Waals surface area contributed by atoms with E-state index in [2.05, 4.69) is 10.6 Å². The van der Waals surface area contributed by atoms with Crippen LogP contribution in [0.15, 0.2) is 24.3 Å². The fraction of sp³-hybridized carbons (Fsp3) is 0.609. The molecule has 0 spiro atoms. The first-order chi connectivity index (χ1) is 14.5. The molecule has 7 heteroatoms. The monoisotopic (exact) mass is 414 g/mol. The Morgan fingerprint density at radius 1 is 1.03 bits per heavy atom. The summed E-state index contributed by atoms with van der Waals surface area (Å²) in [6.45, 7) is 6.43. The first kappa shape index (κ1) is 22.1. The van der Waals surface area contributed by atoms with Gasteiger partial charge in [0.15, 0.2) is 0 Å². The van der Waals surface area contributed by atoms with E-state index in [0.717, 1.165) is 49.9 Å². The lowest BCUT2D eigenvalue weighted by atomic mass is 9.95. The van der Waals surface area contributed by atoms with E-state index in [0.29, 0.717) is 26.1 Å². The molecule has 2 aliphatic heterocycles. The van der Waals surface area contributed by atoms with Crippen molar-refractivity contribution in [1.82, 2.24) is 15.1 Å². The normalized spacial score (nSPS) is 21.8. The van der Waals surface area contributed by atoms with Crippen LogP contribution in [0.1, 0.15) is 51.0 Å². The fourth-order valence-electron chi connectivity index (χ4n) is 4.38. The summed E-state index contributed by atoms with van der Waals surface area (Å²) in [5.74, 6) is 0.367. The van der Waals surface area contributed by atoms with E-state index in [9.17, 15) is 14.4 Å². The van der Waals surface area contributed by atoms with Crippen LogP contribution in [0.2, 0.25) is 0 Å². The van der Waals surface area contributed by atoms with Crippen molar-refractivity contribution in [2.24, 2.45) is 5.92 Å². The molecule has 1 aromatic carbocycles. The second kappa shape index (κ2) is 10.5. The number of likely N-dealkylation sites (tertiary alicyclic amines) is 2. The van der Waals surface area contributed by atoms with Crippen molar-refractivity contribution in [2.45, 2.75) is 58.4 Å². The minimum atomic E-state index is -0.317. The number of hydrogen-bond acceptors (Lipinski definition) is 3. The van der Waals surface area contributed by atoms with Gasteiger partial charge in [-0.05, 0) is 57.1 Å². The lowest BCUT2D eigenvalue weighted by Gasteiger charge is -2.40. The molecule has 1 aromatic rings. The summed E-state index contributed by atoms with van der Waals surface area (Å²) in [5.41, 5.74) is 1.90. The highest BCUT2D eigenvalue weighted by Gasteiger charge is 2.35. The smallest absolute Gasteiger partial charge is 0.319 e. The van der Waals surface area contributed by atoms with Gasteiger partial charge in [0.2, 0.25) is 11.8 Å². The second-order valence-electron chi connectivity index (χ2n) is 8.45. The van der Waals surface area contributed by atoms with E-state index in [1.165, 1.54) is 0 Å². The molecule has 0 saturated carbocycles. The van der Waals surface area contributed by atoms with Crippen LogP contribution in [0.25, 0.3) is 0 Å². The summed E-state index contributed by atoms with van der Waals surface area (Å²) in [6.07, 6.45) is 5.05. The number of rotatable bonds is 5. The molecule has 2 heterocycles. The van der Waals surface area contributed by atoms with Gasteiger partial charge in [0.05, 0.1) is 0 Å². The lowest BCUT2D eigenvalue weighted by molar-refractivity contribution is -0.148. The number of anilines is 1. The first-order valence-corrected chi connectivity index (χ1v) is 11.2. The van der Waals surface area contributed by atoms with Crippen LogP contribution in [0.5, 0.6) is 0 Å². The largest absolute Gasteiger partial charge is 0.341 e. The Hall–Kier alpha value is -2.57. The Morgan fingerprint density at radius 2 is 1.80 bits per heavy atom. The van der Waals surface area contributed by atoms with Crippen molar-refractivity contribution in [3.05, 3.63) is 29.8 Å². The fourth-order valence-corrected chi connectivity index (χ4v) is 4.38. The molecule has 4 amide bonds. The van der Waals surface area contributed by atoms with Gasteiger partial charge in [-0.3, -0.25) is 9.59 Å². The Labute approximate surface area is 179 Å². The third kappa shape index (κ3) is 5.74. The number of hydrogen-bond donors (Lipinski definition) is 2. The Kier molecular flexibility index (Phi) is 7.71. The Balaban J connectivity index is 1.50. The van der Waals surface area contributed by atoms with Gasteiger partial charge in [-0.25, -0.2) is 4.79 Å². The summed E-state index contributed by atoms with van der Waals surface area (Å²) < 4.78 is 0. The molecule has 2 unspecified atom stereocenters. The van der Waals surface area contributed by atoms with E-state index >= 15 is 0 Å². The van der Waals surface area contributed by atoms with Gasteiger partial charge in [0, 0.05) is 38.3 Å². The molecule has 7 nitrogen and oxygen atoms in total. The highest BCUT2D eigenvalue weighted by molar-refractivity contribution is 5.89. The number of amides is 4. The molecule has 2 N–H and O–H groups in total. The van der Waals surface area contributed by atoms with Gasteiger partial charge in [0.1, 0.15) is 6.04 Å². The summed E-state index contributed by atoms with van der Waals surface area (Å²) in [7, 11) is 0. The van der Waals surface area contributed by atoms with Crippen molar-refractivity contribution in [3.8, 4) is 0 Å². The number of benzene rings is 1. The lowest BCUT2D eigenvalue weighted by Crippen LogP contribution is -2.55. The standard InChI is InChI=1S/C23H34N4O3/c1-3-21(28)27-14-5-4-8-20(27)22(29)26-13-6-7-18(16-26)15-24-23(30)25-19-11-9-17(2)10-12-19/h9-12,18,20H,3-8,13-16H2,1-2H3,(H2,24,25,30). The maximum Gasteiger partial charge on any atom is 0.319 e. The molecule has 30 heavy (non-hydrogen) atoms. The average molecular weight is 415 g/mol. The van der Waals surface area contributed by atoms with Crippen molar-refractivity contribution in [1.29, 1.82) is 0 Å². The Bertz CT molecular complexity index is 749. The number of nitrogens with one attached hydrogen (secondary N) is 2. The predicted octanol–water partition coefficient (Wildman–Crippen LogP) is 3.15. The quantitative estimate of drug-likeness (QED) is 0.777. The van der Waals surface area contributed by atoms with E-state index in [1.54, 1.807) is 4.90 Å². The molecular formula is C23H34N4O3. The highest BCUT2D eigenvalue weighted by Crippen LogP contribution is 2.23. The van der Waals surface area contributed by atoms with Crippen molar-refractivity contribution in [3.63, 3.8) is 0 Å². The number of nitrogens with zero attached hydrogens (tertiary/aromatic N) is 2. The van der Waals surface area contributed by atoms with Gasteiger partial charge < -0.3 is 20.4 Å². The molecule has 0 bridgehead atoms. The molecule has 164 valence electrons. The van der Waals surface area contributed by atoms with Crippen LogP contribution in [-0.2, 0) is 9.59 Å². The Morgan fingerprint density at radius 3 is 2.53 bits per heavy atom. The van der Waals surface area contributed by atoms with E-state index < -0.39 is 0 Å². The molecule has 2 saturated heterocycles. The number of aryl methyl sites for hydroxylation is 1. The van der Waals surface area contributed by atoms with E-state index in [4.69, 9.17) is 0 Å². The predicted molar refractivity (Wildman–Crippen MR) is 117 cm³/mol. The minimum absolute atomic E-state index is 0.0658. The number of piperidine rings is 2. The van der Waals surface area contributed by atoms with Crippen LogP contribution < -0.4 is 10.6 Å². The molecule has 0 aromatic heterocycles. The minimum Gasteiger partial charge on any atom is -0.341 e. The number of urea groups is 1. The third-order valence-corrected chi connectivity index (χ3v) is 6.10. The van der Waals surface area contributed by atoms with Gasteiger partial charge in [-0.1, -0.05) is 24.6 Å². The zero-order chi connectivity index (χ0) is 21.5. The summed E-state index contributed by atoms with van der Waals surface area (Å²) in [6, 6.07) is 7.13. The van der Waals surface area contributed by atoms with Crippen LogP contribution in [0.3, 0.4) is 0 Å². The van der Waals surface area contributed by atoms with Crippen LogP contribution >= 0.6 is 0 Å². The van der Waals surface area contributed by atoms with Crippen LogP contribution in [-0.4, -0.2) is 59.9 Å². The average Bonchev–Trinajstić information content (AvgIpc) is 2.78. The molecule has 0 aliphatic carbocycles. The van der Waals surface area contributed by atoms with Gasteiger partial charge in [0.25, 0.3) is 0 Å². The number of carbonyl (C=O) groups excluding carboxylic acids is 3. The summed E-state index contributed by atoms with van der Waals surface area (Å²) in [4.78, 5) is 41.3. The third-order valence-electron chi connectivity index (χ3n) is 6.10. The van der Waals surface area contributed by atoms with Crippen molar-refractivity contribution < 1.29 is 14.4 Å². The maximum atomic E-state index is 13.2. The van der Waals surface area contributed by atoms with Gasteiger partial charge >= 0.3 is 6.03 Å². The van der Waals surface area contributed by atoms with Crippen LogP contribution in [0.4, 0.5) is 10.5 Å². The molecular weight excluding hydrogens is 380 g/mol. The second-order valence-corrected chi connectivity index (χ2v) is 8.45. The van der Waals surface area contributed by atoms with Crippen molar-refractivity contribution >= 4 is 23.5 Å². The molecule has 0 radical (unpaired) electrons. The van der Waals surface area contributed by atoms with Crippen molar-refractivity contribution in [2.75, 3.05) is 31.5 Å². The first-order valence-electron chi connectivity index (χ1n) is 11.2. The van der Waals surface area contributed by atoms with Gasteiger partial charge in [-0.15, -0.1) is 0 Å². The molecule has 2 aliphatic rings.